The Balaban J connectivity index is 1.70. The van der Waals surface area contributed by atoms with Crippen molar-refractivity contribution in [1.82, 2.24) is 4.90 Å². The number of hydrogen-bond donors (Lipinski definition) is 6. The van der Waals surface area contributed by atoms with Crippen molar-refractivity contribution in [2.24, 2.45) is 17.6 Å². The maximum Gasteiger partial charge on any atom is 0.255 e. The van der Waals surface area contributed by atoms with Gasteiger partial charge in [0.25, 0.3) is 5.91 Å². The fraction of sp³-hybridized carbons (Fsp3) is 0.323. The van der Waals surface area contributed by atoms with Crippen LogP contribution in [0.15, 0.2) is 53.0 Å². The molecule has 5 rings (SSSR count). The summed E-state index contributed by atoms with van der Waals surface area (Å²) in [5, 5.41) is 45.5. The molecule has 11 nitrogen and oxygen atoms in total. The van der Waals surface area contributed by atoms with Gasteiger partial charge in [0.1, 0.15) is 22.8 Å². The molecule has 0 unspecified atom stereocenters. The van der Waals surface area contributed by atoms with E-state index < -0.39 is 63.8 Å². The second-order valence-electron chi connectivity index (χ2n) is 11.4. The van der Waals surface area contributed by atoms with Crippen molar-refractivity contribution < 1.29 is 34.8 Å². The van der Waals surface area contributed by atoms with Gasteiger partial charge in [-0.2, -0.15) is 0 Å². The van der Waals surface area contributed by atoms with Crippen LogP contribution in [0.25, 0.3) is 0 Å². The van der Waals surface area contributed by atoms with Gasteiger partial charge in [0, 0.05) is 42.5 Å². The molecule has 2 aromatic rings. The third kappa shape index (κ3) is 4.10. The number of Topliss-reactive ketones (excluding diaryl/α,β-unsaturated/α-hetero) is 2. The first kappa shape index (κ1) is 28.7. The van der Waals surface area contributed by atoms with Crippen molar-refractivity contribution >= 4 is 28.8 Å². The number of nitrogen functional groups attached to an aromatic ring is 1. The van der Waals surface area contributed by atoms with Crippen molar-refractivity contribution in [2.45, 2.75) is 24.5 Å². The average molecular weight is 573 g/mol. The van der Waals surface area contributed by atoms with E-state index in [0.717, 1.165) is 0 Å². The predicted octanol–water partition coefficient (Wildman–Crippen LogP) is 1.17. The zero-order valence-electron chi connectivity index (χ0n) is 23.6. The standard InChI is InChI=1S/C31H32N4O7/c1-34(2)20-13-15(8-5-14-6-9-17(32)10-7-14)25(36)22-18(20)11-16-12-19-24(35(3)4)27(38)23(30(33)41)29(40)31(19,42)28(39)21(16)26(22)37/h6-7,9-10,13,16,19,24,36,38-39,42H,11-12,32H2,1-4H3,(H2,33,41)/t16-,19-,24-,31-/m0/s1. The minimum atomic E-state index is -2.70. The van der Waals surface area contributed by atoms with E-state index >= 15 is 0 Å². The van der Waals surface area contributed by atoms with Crippen molar-refractivity contribution in [1.29, 1.82) is 0 Å². The summed E-state index contributed by atoms with van der Waals surface area (Å²) in [6.45, 7) is 0. The van der Waals surface area contributed by atoms with Crippen LogP contribution in [0.1, 0.15) is 33.5 Å². The number of nitrogens with zero attached hydrogens (tertiary/aromatic N) is 2. The van der Waals surface area contributed by atoms with Gasteiger partial charge in [-0.1, -0.05) is 11.8 Å². The highest BCUT2D eigenvalue weighted by atomic mass is 16.3. The molecule has 218 valence electrons. The zero-order chi connectivity index (χ0) is 30.8. The van der Waals surface area contributed by atoms with Gasteiger partial charge in [-0.3, -0.25) is 19.3 Å². The van der Waals surface area contributed by atoms with E-state index in [-0.39, 0.29) is 29.5 Å². The summed E-state index contributed by atoms with van der Waals surface area (Å²) in [7, 11) is 6.74. The van der Waals surface area contributed by atoms with E-state index in [2.05, 4.69) is 11.8 Å². The minimum Gasteiger partial charge on any atom is -0.510 e. The van der Waals surface area contributed by atoms with Gasteiger partial charge in [0.2, 0.25) is 5.78 Å². The number of aliphatic hydroxyl groups excluding tert-OH is 2. The molecule has 8 N–H and O–H groups in total. The number of primary amides is 1. The number of phenolic OH excluding ortho intramolecular Hbond substituents is 1. The number of allylic oxidation sites excluding steroid dienone is 1. The third-order valence-electron chi connectivity index (χ3n) is 8.43. The van der Waals surface area contributed by atoms with Crippen LogP contribution in [0.3, 0.4) is 0 Å². The molecule has 0 spiro atoms. The Kier molecular flexibility index (Phi) is 6.80. The number of likely N-dealkylation sites (N-methyl/N-ethyl adjacent to an activating group) is 1. The lowest BCUT2D eigenvalue weighted by molar-refractivity contribution is -0.148. The SMILES string of the molecule is CN(C)c1cc(C#Cc2ccc(N)cc2)c(O)c2c1C[C@H]1C[C@H]3[C@H](N(C)C)C(O)=C(C(N)=O)C(=O)[C@@]3(O)C(O)=C1C2=O. The van der Waals surface area contributed by atoms with Crippen LogP contribution >= 0.6 is 0 Å². The number of hydrogen-bond acceptors (Lipinski definition) is 10. The van der Waals surface area contributed by atoms with Crippen LogP contribution < -0.4 is 16.4 Å². The number of ketones is 2. The lowest BCUT2D eigenvalue weighted by Crippen LogP contribution is -2.63. The second-order valence-corrected chi connectivity index (χ2v) is 11.4. The normalized spacial score (nSPS) is 25.0. The number of nitrogens with two attached hydrogens (primary N) is 2. The monoisotopic (exact) mass is 572 g/mol. The molecule has 42 heavy (non-hydrogen) atoms. The van der Waals surface area contributed by atoms with Crippen LogP contribution in [0, 0.1) is 23.7 Å². The highest BCUT2D eigenvalue weighted by molar-refractivity contribution is 6.25. The largest absolute Gasteiger partial charge is 0.510 e. The fourth-order valence-electron chi connectivity index (χ4n) is 6.50. The Morgan fingerprint density at radius 2 is 1.69 bits per heavy atom. The molecule has 3 aliphatic rings. The average Bonchev–Trinajstić information content (AvgIpc) is 2.90. The molecule has 2 aromatic carbocycles. The molecule has 0 saturated heterocycles. The third-order valence-corrected chi connectivity index (χ3v) is 8.43. The summed E-state index contributed by atoms with van der Waals surface area (Å²) in [6.07, 6.45) is 0.194. The summed E-state index contributed by atoms with van der Waals surface area (Å²) in [5.41, 5.74) is 9.79. The summed E-state index contributed by atoms with van der Waals surface area (Å²) in [5.74, 6) is -1.14. The lowest BCUT2D eigenvalue weighted by atomic mass is 9.58. The first-order valence-corrected chi connectivity index (χ1v) is 13.3. The summed E-state index contributed by atoms with van der Waals surface area (Å²) in [6, 6.07) is 7.44. The Labute approximate surface area is 242 Å². The van der Waals surface area contributed by atoms with Gasteiger partial charge in [-0.25, -0.2) is 0 Å². The van der Waals surface area contributed by atoms with Crippen LogP contribution in [0.4, 0.5) is 11.4 Å². The molecule has 4 atom stereocenters. The molecule has 0 aromatic heterocycles. The Morgan fingerprint density at radius 3 is 2.26 bits per heavy atom. The number of carbonyl (C=O) groups is 3. The maximum absolute atomic E-state index is 14.1. The van der Waals surface area contributed by atoms with Gasteiger partial charge in [0.15, 0.2) is 11.4 Å². The maximum atomic E-state index is 14.1. The predicted molar refractivity (Wildman–Crippen MR) is 155 cm³/mol. The number of aliphatic hydroxyl groups is 3. The molecule has 0 aliphatic heterocycles. The van der Waals surface area contributed by atoms with Gasteiger partial charge in [-0.15, -0.1) is 0 Å². The molecule has 0 saturated carbocycles. The highest BCUT2D eigenvalue weighted by Gasteiger charge is 2.63. The van der Waals surface area contributed by atoms with Gasteiger partial charge in [-0.05, 0) is 68.8 Å². The fourth-order valence-corrected chi connectivity index (χ4v) is 6.50. The number of anilines is 2. The van der Waals surface area contributed by atoms with Crippen molar-refractivity contribution in [3.8, 4) is 17.6 Å². The molecule has 0 heterocycles. The number of fused-ring (bicyclic) bond motifs is 3. The number of amides is 1. The van der Waals surface area contributed by atoms with Crippen LogP contribution in [-0.4, -0.2) is 82.6 Å². The highest BCUT2D eigenvalue weighted by Crippen LogP contribution is 2.53. The smallest absolute Gasteiger partial charge is 0.255 e. The summed E-state index contributed by atoms with van der Waals surface area (Å²) in [4.78, 5) is 43.0. The zero-order valence-corrected chi connectivity index (χ0v) is 23.6. The quantitative estimate of drug-likeness (QED) is 0.177. The molecular weight excluding hydrogens is 540 g/mol. The first-order valence-electron chi connectivity index (χ1n) is 13.3. The molecule has 1 amide bonds. The molecule has 0 bridgehead atoms. The summed E-state index contributed by atoms with van der Waals surface area (Å²) >= 11 is 0. The van der Waals surface area contributed by atoms with E-state index in [9.17, 15) is 34.8 Å². The first-order chi connectivity index (χ1) is 19.7. The molecule has 0 fully saturated rings. The number of aromatic hydroxyl groups is 1. The molecular formula is C31H32N4O7. The number of carbonyl (C=O) groups excluding carboxylic acids is 3. The van der Waals surface area contributed by atoms with Crippen molar-refractivity contribution in [3.63, 3.8) is 0 Å². The Hall–Kier alpha value is -4.79. The van der Waals surface area contributed by atoms with Crippen LogP contribution in [0.5, 0.6) is 5.75 Å². The number of rotatable bonds is 3. The Bertz CT molecular complexity index is 1680. The lowest BCUT2D eigenvalue weighted by Gasteiger charge is -2.50. The van der Waals surface area contributed by atoms with E-state index in [4.69, 9.17) is 11.5 Å². The van der Waals surface area contributed by atoms with Crippen LogP contribution in [0.2, 0.25) is 0 Å². The van der Waals surface area contributed by atoms with Gasteiger partial charge < -0.3 is 36.8 Å². The molecule has 0 radical (unpaired) electrons. The van der Waals surface area contributed by atoms with E-state index in [1.807, 2.05) is 0 Å². The summed E-state index contributed by atoms with van der Waals surface area (Å²) < 4.78 is 0. The Morgan fingerprint density at radius 1 is 1.05 bits per heavy atom. The van der Waals surface area contributed by atoms with E-state index in [1.54, 1.807) is 63.4 Å². The van der Waals surface area contributed by atoms with E-state index in [0.29, 0.717) is 22.5 Å². The topological polar surface area (TPSA) is 191 Å². The van der Waals surface area contributed by atoms with Crippen molar-refractivity contribution in [3.05, 3.63) is 75.3 Å². The minimum absolute atomic E-state index is 0.0120. The second kappa shape index (κ2) is 9.94. The number of benzene rings is 2. The molecule has 11 heteroatoms. The molecule has 3 aliphatic carbocycles. The van der Waals surface area contributed by atoms with Crippen molar-refractivity contribution in [2.75, 3.05) is 38.8 Å². The van der Waals surface area contributed by atoms with Gasteiger partial charge >= 0.3 is 0 Å². The van der Waals surface area contributed by atoms with Crippen LogP contribution in [-0.2, 0) is 16.0 Å². The van der Waals surface area contributed by atoms with E-state index in [1.165, 1.54) is 4.90 Å². The number of phenols is 1. The van der Waals surface area contributed by atoms with Gasteiger partial charge in [0.05, 0.1) is 17.2 Å².